The lowest BCUT2D eigenvalue weighted by molar-refractivity contribution is -0.143. The molecule has 0 aromatic carbocycles. The number of hydrogen-bond donors (Lipinski definition) is 2. The van der Waals surface area contributed by atoms with Gasteiger partial charge in [-0.3, -0.25) is 9.59 Å². The quantitative estimate of drug-likeness (QED) is 0.716. The topological polar surface area (TPSA) is 95.9 Å². The van der Waals surface area contributed by atoms with Gasteiger partial charge < -0.3 is 20.1 Å². The predicted octanol–water partition coefficient (Wildman–Crippen LogP) is 1.08. The number of hydrogen-bond acceptors (Lipinski definition) is 4. The summed E-state index contributed by atoms with van der Waals surface area (Å²) in [5.41, 5.74) is 0. The summed E-state index contributed by atoms with van der Waals surface area (Å²) in [6.45, 7) is 0.859. The fraction of sp³-hybridized carbons (Fsp3) is 0.786. The highest BCUT2D eigenvalue weighted by Crippen LogP contribution is 2.28. The number of carboxylic acids is 1. The molecule has 2 N–H and O–H groups in total. The van der Waals surface area contributed by atoms with Gasteiger partial charge in [0.05, 0.1) is 19.4 Å². The van der Waals surface area contributed by atoms with Crippen molar-refractivity contribution in [3.63, 3.8) is 0 Å². The fourth-order valence-electron chi connectivity index (χ4n) is 2.44. The van der Waals surface area contributed by atoms with Gasteiger partial charge in [-0.2, -0.15) is 0 Å². The first-order valence-corrected chi connectivity index (χ1v) is 7.22. The van der Waals surface area contributed by atoms with Crippen LogP contribution in [-0.2, 0) is 14.3 Å². The van der Waals surface area contributed by atoms with Crippen molar-refractivity contribution in [3.05, 3.63) is 0 Å². The molecule has 21 heavy (non-hydrogen) atoms. The third-order valence-electron chi connectivity index (χ3n) is 3.96. The van der Waals surface area contributed by atoms with Crippen LogP contribution in [0.2, 0.25) is 0 Å². The molecule has 0 spiro atoms. The van der Waals surface area contributed by atoms with E-state index in [-0.39, 0.29) is 24.3 Å². The Balaban J connectivity index is 2.21. The highest BCUT2D eigenvalue weighted by molar-refractivity contribution is 5.75. The van der Waals surface area contributed by atoms with Gasteiger partial charge in [0.15, 0.2) is 0 Å². The Hall–Kier alpha value is -1.79. The molecular weight excluding hydrogens is 276 g/mol. The molecule has 2 amide bonds. The second-order valence-corrected chi connectivity index (χ2v) is 5.49. The molecule has 0 heterocycles. The van der Waals surface area contributed by atoms with Gasteiger partial charge in [0.2, 0.25) is 0 Å². The van der Waals surface area contributed by atoms with E-state index in [1.54, 1.807) is 7.05 Å². The molecule has 1 aliphatic carbocycles. The van der Waals surface area contributed by atoms with Crippen molar-refractivity contribution < 1.29 is 24.2 Å². The van der Waals surface area contributed by atoms with Crippen molar-refractivity contribution in [2.24, 2.45) is 11.8 Å². The number of esters is 1. The second kappa shape index (κ2) is 8.49. The van der Waals surface area contributed by atoms with Crippen LogP contribution in [0.4, 0.5) is 4.79 Å². The zero-order valence-electron chi connectivity index (χ0n) is 12.6. The molecule has 1 aliphatic rings. The number of nitrogens with one attached hydrogen (secondary N) is 1. The van der Waals surface area contributed by atoms with Gasteiger partial charge in [-0.1, -0.05) is 0 Å². The standard InChI is InChI=1S/C14H24N2O5/c1-16(8-7-12(17)21-2)14(20)15-9-10-3-5-11(6-4-10)13(18)19/h10-11H,3-9H2,1-2H3,(H,15,20)(H,18,19). The number of carbonyl (C=O) groups excluding carboxylic acids is 2. The van der Waals surface area contributed by atoms with Crippen molar-refractivity contribution in [2.75, 3.05) is 27.2 Å². The van der Waals surface area contributed by atoms with Gasteiger partial charge in [0.25, 0.3) is 0 Å². The van der Waals surface area contributed by atoms with Crippen molar-refractivity contribution >= 4 is 18.0 Å². The molecule has 0 aromatic rings. The zero-order valence-corrected chi connectivity index (χ0v) is 12.6. The molecular formula is C14H24N2O5. The summed E-state index contributed by atoms with van der Waals surface area (Å²) in [6, 6.07) is -0.223. The van der Waals surface area contributed by atoms with Gasteiger partial charge in [0.1, 0.15) is 0 Å². The smallest absolute Gasteiger partial charge is 0.317 e. The Morgan fingerprint density at radius 3 is 2.38 bits per heavy atom. The zero-order chi connectivity index (χ0) is 15.8. The third kappa shape index (κ3) is 6.01. The lowest BCUT2D eigenvalue weighted by Crippen LogP contribution is -2.41. The molecule has 7 heteroatoms. The van der Waals surface area contributed by atoms with Crippen LogP contribution in [0.25, 0.3) is 0 Å². The van der Waals surface area contributed by atoms with E-state index < -0.39 is 5.97 Å². The summed E-state index contributed by atoms with van der Waals surface area (Å²) < 4.78 is 4.52. The van der Waals surface area contributed by atoms with Crippen LogP contribution in [-0.4, -0.2) is 55.2 Å². The average Bonchev–Trinajstić information content (AvgIpc) is 2.50. The molecule has 0 radical (unpaired) electrons. The number of amides is 2. The van der Waals surface area contributed by atoms with Crippen molar-refractivity contribution in [1.29, 1.82) is 0 Å². The van der Waals surface area contributed by atoms with Crippen LogP contribution < -0.4 is 5.32 Å². The minimum atomic E-state index is -0.722. The van der Waals surface area contributed by atoms with Crippen LogP contribution in [0.3, 0.4) is 0 Å². The van der Waals surface area contributed by atoms with E-state index in [4.69, 9.17) is 5.11 Å². The summed E-state index contributed by atoms with van der Waals surface area (Å²) >= 11 is 0. The Labute approximate surface area is 124 Å². The summed E-state index contributed by atoms with van der Waals surface area (Å²) in [4.78, 5) is 35.1. The number of methoxy groups -OCH3 is 1. The van der Waals surface area contributed by atoms with Crippen LogP contribution >= 0.6 is 0 Å². The maximum Gasteiger partial charge on any atom is 0.317 e. The molecule has 0 saturated heterocycles. The van der Waals surface area contributed by atoms with Crippen molar-refractivity contribution in [2.45, 2.75) is 32.1 Å². The SMILES string of the molecule is COC(=O)CCN(C)C(=O)NCC1CCC(C(=O)O)CC1. The van der Waals surface area contributed by atoms with Crippen LogP contribution in [0.5, 0.6) is 0 Å². The Morgan fingerprint density at radius 1 is 1.24 bits per heavy atom. The maximum absolute atomic E-state index is 11.8. The summed E-state index contributed by atoms with van der Waals surface area (Å²) in [7, 11) is 2.94. The Morgan fingerprint density at radius 2 is 1.86 bits per heavy atom. The summed E-state index contributed by atoms with van der Waals surface area (Å²) in [5, 5.41) is 11.8. The molecule has 120 valence electrons. The number of carboxylic acid groups (broad SMARTS) is 1. The minimum absolute atomic E-state index is 0.171. The van der Waals surface area contributed by atoms with Gasteiger partial charge in [0, 0.05) is 20.1 Å². The second-order valence-electron chi connectivity index (χ2n) is 5.49. The number of rotatable bonds is 6. The normalized spacial score (nSPS) is 21.4. The molecule has 1 fully saturated rings. The summed E-state index contributed by atoms with van der Waals surface area (Å²) in [6.07, 6.45) is 3.17. The van der Waals surface area contributed by atoms with Crippen molar-refractivity contribution in [3.8, 4) is 0 Å². The molecule has 1 saturated carbocycles. The van der Waals surface area contributed by atoms with Crippen LogP contribution in [0.15, 0.2) is 0 Å². The van der Waals surface area contributed by atoms with E-state index in [0.717, 1.165) is 12.8 Å². The monoisotopic (exact) mass is 300 g/mol. The molecule has 0 bridgehead atoms. The van der Waals surface area contributed by atoms with E-state index in [1.165, 1.54) is 12.0 Å². The van der Waals surface area contributed by atoms with Crippen LogP contribution in [0, 0.1) is 11.8 Å². The first kappa shape index (κ1) is 17.3. The van der Waals surface area contributed by atoms with E-state index >= 15 is 0 Å². The van der Waals surface area contributed by atoms with Gasteiger partial charge >= 0.3 is 18.0 Å². The van der Waals surface area contributed by atoms with Crippen molar-refractivity contribution in [1.82, 2.24) is 10.2 Å². The highest BCUT2D eigenvalue weighted by Gasteiger charge is 2.26. The molecule has 0 aromatic heterocycles. The number of ether oxygens (including phenoxy) is 1. The summed E-state index contributed by atoms with van der Waals surface area (Å²) in [5.74, 6) is -0.972. The number of carbonyl (C=O) groups is 3. The van der Waals surface area contributed by atoms with Crippen LogP contribution in [0.1, 0.15) is 32.1 Å². The Kier molecular flexibility index (Phi) is 6.98. The molecule has 0 aliphatic heterocycles. The first-order chi connectivity index (χ1) is 9.93. The fourth-order valence-corrected chi connectivity index (χ4v) is 2.44. The van der Waals surface area contributed by atoms with Gasteiger partial charge in [-0.15, -0.1) is 0 Å². The average molecular weight is 300 g/mol. The highest BCUT2D eigenvalue weighted by atomic mass is 16.5. The maximum atomic E-state index is 11.8. The van der Waals surface area contributed by atoms with E-state index in [9.17, 15) is 14.4 Å². The Bertz CT molecular complexity index is 378. The predicted molar refractivity (Wildman–Crippen MR) is 75.7 cm³/mol. The lowest BCUT2D eigenvalue weighted by Gasteiger charge is -2.27. The van der Waals surface area contributed by atoms with E-state index in [0.29, 0.717) is 31.8 Å². The van der Waals surface area contributed by atoms with E-state index in [1.807, 2.05) is 0 Å². The lowest BCUT2D eigenvalue weighted by atomic mass is 9.82. The van der Waals surface area contributed by atoms with E-state index in [2.05, 4.69) is 10.1 Å². The third-order valence-corrected chi connectivity index (χ3v) is 3.96. The first-order valence-electron chi connectivity index (χ1n) is 7.22. The molecule has 1 rings (SSSR count). The molecule has 7 nitrogen and oxygen atoms in total. The van der Waals surface area contributed by atoms with Gasteiger partial charge in [-0.05, 0) is 31.6 Å². The largest absolute Gasteiger partial charge is 0.481 e. The number of nitrogens with zero attached hydrogens (tertiary/aromatic N) is 1. The van der Waals surface area contributed by atoms with Gasteiger partial charge in [-0.25, -0.2) is 4.79 Å². The molecule has 0 unspecified atom stereocenters. The molecule has 0 atom stereocenters. The minimum Gasteiger partial charge on any atom is -0.481 e. The number of urea groups is 1. The number of aliphatic carboxylic acids is 1.